The molecule has 0 aliphatic carbocycles. The summed E-state index contributed by atoms with van der Waals surface area (Å²) < 4.78 is 5.06. The number of nitrogens with zero attached hydrogens (tertiary/aromatic N) is 1. The van der Waals surface area contributed by atoms with Gasteiger partial charge in [0.2, 0.25) is 0 Å². The third kappa shape index (κ3) is 5.20. The number of rotatable bonds is 7. The number of aryl methyl sites for hydroxylation is 3. The predicted octanol–water partition coefficient (Wildman–Crippen LogP) is 2.99. The largest absolute Gasteiger partial charge is 0.462 e. The topological polar surface area (TPSA) is 95.6 Å². The van der Waals surface area contributed by atoms with Crippen LogP contribution in [0.2, 0.25) is 0 Å². The molecule has 7 nitrogen and oxygen atoms in total. The molecule has 7 heteroatoms. The normalized spacial score (nSPS) is 10.9. The molecule has 0 spiro atoms. The van der Waals surface area contributed by atoms with Crippen molar-refractivity contribution >= 4 is 23.8 Å². The summed E-state index contributed by atoms with van der Waals surface area (Å²) in [6.07, 6.45) is 1.49. The Hall–Kier alpha value is -3.09. The van der Waals surface area contributed by atoms with Crippen LogP contribution >= 0.6 is 0 Å². The number of aromatic nitrogens is 1. The monoisotopic (exact) mass is 370 g/mol. The lowest BCUT2D eigenvalue weighted by Crippen LogP contribution is -2.26. The van der Waals surface area contributed by atoms with Gasteiger partial charge < -0.3 is 15.0 Å². The van der Waals surface area contributed by atoms with Crippen LogP contribution in [-0.4, -0.2) is 36.2 Å². The number of hydrazone groups is 1. The Labute approximate surface area is 159 Å². The fraction of sp³-hybridized carbons (Fsp3) is 0.350. The molecule has 2 aromatic rings. The summed E-state index contributed by atoms with van der Waals surface area (Å²) in [7, 11) is 0. The third-order valence-corrected chi connectivity index (χ3v) is 4.16. The van der Waals surface area contributed by atoms with Crippen molar-refractivity contribution in [2.45, 2.75) is 34.6 Å². The predicted molar refractivity (Wildman–Crippen MR) is 106 cm³/mol. The first-order valence-electron chi connectivity index (χ1n) is 8.82. The van der Waals surface area contributed by atoms with E-state index in [9.17, 15) is 9.59 Å². The van der Waals surface area contributed by atoms with Crippen molar-refractivity contribution in [3.8, 4) is 0 Å². The van der Waals surface area contributed by atoms with Crippen molar-refractivity contribution in [3.05, 3.63) is 51.8 Å². The first-order valence-corrected chi connectivity index (χ1v) is 8.82. The molecule has 0 aliphatic rings. The van der Waals surface area contributed by atoms with E-state index in [2.05, 4.69) is 26.9 Å². The lowest BCUT2D eigenvalue weighted by atomic mass is 10.1. The Morgan fingerprint density at radius 1 is 1.22 bits per heavy atom. The van der Waals surface area contributed by atoms with Crippen LogP contribution in [0.25, 0.3) is 0 Å². The fourth-order valence-corrected chi connectivity index (χ4v) is 2.81. The van der Waals surface area contributed by atoms with Gasteiger partial charge in [-0.2, -0.15) is 5.10 Å². The molecular weight excluding hydrogens is 344 g/mol. The molecule has 2 rings (SSSR count). The van der Waals surface area contributed by atoms with E-state index in [-0.39, 0.29) is 18.4 Å². The zero-order valence-corrected chi connectivity index (χ0v) is 16.4. The zero-order chi connectivity index (χ0) is 20.0. The minimum Gasteiger partial charge on any atom is -0.462 e. The minimum atomic E-state index is -0.370. The summed E-state index contributed by atoms with van der Waals surface area (Å²) in [6, 6.07) is 5.99. The van der Waals surface area contributed by atoms with Crippen molar-refractivity contribution < 1.29 is 14.3 Å². The Kier molecular flexibility index (Phi) is 6.76. The fourth-order valence-electron chi connectivity index (χ4n) is 2.81. The van der Waals surface area contributed by atoms with Gasteiger partial charge in [-0.3, -0.25) is 4.79 Å². The molecule has 0 radical (unpaired) electrons. The van der Waals surface area contributed by atoms with Gasteiger partial charge in [0.05, 0.1) is 30.6 Å². The number of hydrogen-bond donors (Lipinski definition) is 3. The van der Waals surface area contributed by atoms with Crippen molar-refractivity contribution in [2.75, 3.05) is 18.5 Å². The number of esters is 1. The van der Waals surface area contributed by atoms with Gasteiger partial charge in [-0.25, -0.2) is 10.2 Å². The lowest BCUT2D eigenvalue weighted by Gasteiger charge is -2.09. The molecule has 0 atom stereocenters. The van der Waals surface area contributed by atoms with Crippen LogP contribution in [0, 0.1) is 27.7 Å². The molecule has 3 N–H and O–H groups in total. The van der Waals surface area contributed by atoms with Crippen LogP contribution in [0.4, 0.5) is 5.69 Å². The second-order valence-corrected chi connectivity index (χ2v) is 6.35. The Bertz CT molecular complexity index is 868. The number of ether oxygens (including phenoxy) is 1. The minimum absolute atomic E-state index is 0.109. The number of aromatic amines is 1. The molecule has 0 aliphatic heterocycles. The summed E-state index contributed by atoms with van der Waals surface area (Å²) in [4.78, 5) is 27.0. The molecule has 1 aromatic carbocycles. The average molecular weight is 370 g/mol. The van der Waals surface area contributed by atoms with Gasteiger partial charge in [0.25, 0.3) is 5.91 Å². The van der Waals surface area contributed by atoms with Crippen molar-refractivity contribution in [2.24, 2.45) is 5.10 Å². The maximum Gasteiger partial charge on any atom is 0.340 e. The highest BCUT2D eigenvalue weighted by atomic mass is 16.5. The first kappa shape index (κ1) is 20.2. The molecule has 0 saturated heterocycles. The Morgan fingerprint density at radius 2 is 1.96 bits per heavy atom. The molecule has 0 saturated carbocycles. The van der Waals surface area contributed by atoms with Gasteiger partial charge in [-0.15, -0.1) is 0 Å². The van der Waals surface area contributed by atoms with E-state index in [1.165, 1.54) is 11.8 Å². The molecule has 0 fully saturated rings. The molecule has 0 bridgehead atoms. The number of nitrogens with one attached hydrogen (secondary N) is 3. The van der Waals surface area contributed by atoms with Crippen LogP contribution in [0.15, 0.2) is 23.3 Å². The van der Waals surface area contributed by atoms with Crippen LogP contribution in [0.5, 0.6) is 0 Å². The smallest absolute Gasteiger partial charge is 0.340 e. The molecule has 0 unspecified atom stereocenters. The Balaban J connectivity index is 1.94. The van der Waals surface area contributed by atoms with E-state index in [1.807, 2.05) is 26.0 Å². The van der Waals surface area contributed by atoms with E-state index < -0.39 is 0 Å². The van der Waals surface area contributed by atoms with Crippen LogP contribution in [0.3, 0.4) is 0 Å². The molecular formula is C20H26N4O3. The average Bonchev–Trinajstić information content (AvgIpc) is 2.88. The van der Waals surface area contributed by atoms with E-state index >= 15 is 0 Å². The summed E-state index contributed by atoms with van der Waals surface area (Å²) in [5.74, 6) is -0.636. The molecule has 1 aromatic heterocycles. The number of hydrogen-bond acceptors (Lipinski definition) is 5. The van der Waals surface area contributed by atoms with Gasteiger partial charge in [-0.1, -0.05) is 17.7 Å². The number of H-pyrrole nitrogens is 1. The number of carbonyl (C=O) groups is 2. The van der Waals surface area contributed by atoms with E-state index in [0.29, 0.717) is 23.6 Å². The molecule has 27 heavy (non-hydrogen) atoms. The number of benzene rings is 1. The van der Waals surface area contributed by atoms with Gasteiger partial charge in [0, 0.05) is 11.4 Å². The van der Waals surface area contributed by atoms with Crippen LogP contribution in [-0.2, 0) is 9.53 Å². The third-order valence-electron chi connectivity index (χ3n) is 4.16. The van der Waals surface area contributed by atoms with Gasteiger partial charge in [0.15, 0.2) is 0 Å². The van der Waals surface area contributed by atoms with Crippen molar-refractivity contribution in [1.82, 2.24) is 10.4 Å². The highest BCUT2D eigenvalue weighted by molar-refractivity contribution is 5.96. The molecule has 1 amide bonds. The van der Waals surface area contributed by atoms with Crippen molar-refractivity contribution in [1.29, 1.82) is 0 Å². The van der Waals surface area contributed by atoms with Gasteiger partial charge in [0.1, 0.15) is 0 Å². The number of carbonyl (C=O) groups excluding carboxylic acids is 2. The first-order chi connectivity index (χ1) is 12.8. The second-order valence-electron chi connectivity index (χ2n) is 6.35. The molecule has 1 heterocycles. The zero-order valence-electron chi connectivity index (χ0n) is 16.4. The van der Waals surface area contributed by atoms with Gasteiger partial charge in [-0.05, 0) is 51.8 Å². The maximum absolute atomic E-state index is 12.0. The maximum atomic E-state index is 12.0. The van der Waals surface area contributed by atoms with Crippen molar-refractivity contribution in [3.63, 3.8) is 0 Å². The highest BCUT2D eigenvalue weighted by Gasteiger charge is 2.18. The van der Waals surface area contributed by atoms with Crippen LogP contribution in [0.1, 0.15) is 45.4 Å². The van der Waals surface area contributed by atoms with E-state index in [0.717, 1.165) is 16.8 Å². The SMILES string of the molecule is CCOC(=O)c1c(C)[nH]c(/C=N/NC(=O)CNc2ccc(C)cc2C)c1C. The summed E-state index contributed by atoms with van der Waals surface area (Å²) >= 11 is 0. The number of amides is 1. The second kappa shape index (κ2) is 9.02. The van der Waals surface area contributed by atoms with E-state index in [4.69, 9.17) is 4.74 Å². The quantitative estimate of drug-likeness (QED) is 0.397. The van der Waals surface area contributed by atoms with Gasteiger partial charge >= 0.3 is 5.97 Å². The highest BCUT2D eigenvalue weighted by Crippen LogP contribution is 2.18. The van der Waals surface area contributed by atoms with E-state index in [1.54, 1.807) is 20.8 Å². The number of anilines is 1. The van der Waals surface area contributed by atoms with Crippen LogP contribution < -0.4 is 10.7 Å². The standard InChI is InChI=1S/C20H26N4O3/c1-6-27-20(26)19-14(4)17(23-15(19)5)10-22-24-18(25)11-21-16-8-7-12(2)9-13(16)3/h7-10,21,23H,6,11H2,1-5H3,(H,24,25)/b22-10+. The summed E-state index contributed by atoms with van der Waals surface area (Å²) in [6.45, 7) is 9.80. The summed E-state index contributed by atoms with van der Waals surface area (Å²) in [5, 5.41) is 7.05. The molecule has 144 valence electrons. The lowest BCUT2D eigenvalue weighted by molar-refractivity contribution is -0.119. The Morgan fingerprint density at radius 3 is 2.63 bits per heavy atom. The summed E-state index contributed by atoms with van der Waals surface area (Å²) in [5.41, 5.74) is 8.23.